The van der Waals surface area contributed by atoms with E-state index in [1.807, 2.05) is 31.2 Å². The van der Waals surface area contributed by atoms with Gasteiger partial charge in [-0.05, 0) is 82.7 Å². The highest BCUT2D eigenvalue weighted by molar-refractivity contribution is 5.97. The molecule has 0 aromatic heterocycles. The minimum atomic E-state index is -0.735. The van der Waals surface area contributed by atoms with Crippen molar-refractivity contribution >= 4 is 11.6 Å². The first-order chi connectivity index (χ1) is 13.0. The van der Waals surface area contributed by atoms with Gasteiger partial charge in [-0.2, -0.15) is 0 Å². The Kier molecular flexibility index (Phi) is 6.77. The van der Waals surface area contributed by atoms with E-state index in [1.54, 1.807) is 7.11 Å². The molecule has 1 aromatic carbocycles. The summed E-state index contributed by atoms with van der Waals surface area (Å²) in [6, 6.07) is 8.32. The highest BCUT2D eigenvalue weighted by atomic mass is 16.5. The first-order valence-corrected chi connectivity index (χ1v) is 10.4. The zero-order chi connectivity index (χ0) is 19.3. The van der Waals surface area contributed by atoms with Crippen LogP contribution in [0.5, 0.6) is 5.75 Å². The number of ether oxygens (including phenoxy) is 2. The molecule has 2 fully saturated rings. The summed E-state index contributed by atoms with van der Waals surface area (Å²) in [6.45, 7) is 7.24. The minimum absolute atomic E-state index is 0.0724. The van der Waals surface area contributed by atoms with Gasteiger partial charge in [0.1, 0.15) is 11.4 Å². The molecule has 0 unspecified atom stereocenters. The Morgan fingerprint density at radius 1 is 1.22 bits per heavy atom. The summed E-state index contributed by atoms with van der Waals surface area (Å²) in [5.41, 5.74) is 0.0410. The molecule has 1 aliphatic carbocycles. The summed E-state index contributed by atoms with van der Waals surface area (Å²) >= 11 is 0. The van der Waals surface area contributed by atoms with Crippen molar-refractivity contribution in [1.29, 1.82) is 0 Å². The zero-order valence-corrected chi connectivity index (χ0v) is 17.0. The normalized spacial score (nSPS) is 22.9. The van der Waals surface area contributed by atoms with Crippen LogP contribution in [0.2, 0.25) is 0 Å². The summed E-state index contributed by atoms with van der Waals surface area (Å²) in [5.74, 6) is 1.10. The molecular weight excluding hydrogens is 340 g/mol. The highest BCUT2D eigenvalue weighted by Gasteiger charge is 2.47. The first kappa shape index (κ1) is 20.2. The number of piperidine rings is 1. The Balaban J connectivity index is 1.41. The van der Waals surface area contributed by atoms with Crippen LogP contribution in [0.3, 0.4) is 0 Å². The second-order valence-electron chi connectivity index (χ2n) is 8.15. The van der Waals surface area contributed by atoms with Crippen molar-refractivity contribution in [2.24, 2.45) is 5.92 Å². The summed E-state index contributed by atoms with van der Waals surface area (Å²) < 4.78 is 11.4. The number of methoxy groups -OCH3 is 1. The van der Waals surface area contributed by atoms with Crippen LogP contribution in [0.4, 0.5) is 5.69 Å². The quantitative estimate of drug-likeness (QED) is 0.662. The molecular formula is C22H34N2O3. The van der Waals surface area contributed by atoms with E-state index in [1.165, 1.54) is 25.8 Å². The second kappa shape index (κ2) is 9.07. The number of rotatable bonds is 9. The monoisotopic (exact) mass is 374 g/mol. The van der Waals surface area contributed by atoms with Crippen molar-refractivity contribution in [3.63, 3.8) is 0 Å². The van der Waals surface area contributed by atoms with Gasteiger partial charge >= 0.3 is 0 Å². The topological polar surface area (TPSA) is 50.8 Å². The number of carbonyl (C=O) groups is 1. The molecule has 0 bridgehead atoms. The number of nitrogens with zero attached hydrogens (tertiary/aromatic N) is 1. The molecule has 1 saturated carbocycles. The Labute approximate surface area is 163 Å². The Hall–Kier alpha value is -1.59. The van der Waals surface area contributed by atoms with E-state index in [0.29, 0.717) is 12.0 Å². The second-order valence-corrected chi connectivity index (χ2v) is 8.15. The third kappa shape index (κ3) is 5.23. The van der Waals surface area contributed by atoms with Gasteiger partial charge in [0.05, 0.1) is 6.61 Å². The lowest BCUT2D eigenvalue weighted by Crippen LogP contribution is -2.44. The maximum absolute atomic E-state index is 12.5. The molecule has 5 heteroatoms. The number of likely N-dealkylation sites (tertiary alicyclic amines) is 1. The van der Waals surface area contributed by atoms with E-state index in [4.69, 9.17) is 9.47 Å². The zero-order valence-electron chi connectivity index (χ0n) is 17.0. The molecule has 1 aliphatic heterocycles. The smallest absolute Gasteiger partial charge is 0.256 e. The van der Waals surface area contributed by atoms with E-state index >= 15 is 0 Å². The standard InChI is InChI=1S/C22H34N2O3/c1-17-7-4-5-14-24(17)15-6-16-27-20-12-10-19(11-13-20)23-21(25)22(2,26-3)18-8-9-18/h10-13,17-18H,4-9,14-16H2,1-3H3,(H,23,25)/t17-,22-/m1/s1. The maximum atomic E-state index is 12.5. The fraction of sp³-hybridized carbons (Fsp3) is 0.682. The number of hydrogen-bond acceptors (Lipinski definition) is 4. The van der Waals surface area contributed by atoms with Crippen LogP contribution in [0, 0.1) is 5.92 Å². The van der Waals surface area contributed by atoms with Gasteiger partial charge in [-0.3, -0.25) is 4.79 Å². The summed E-state index contributed by atoms with van der Waals surface area (Å²) in [4.78, 5) is 15.1. The van der Waals surface area contributed by atoms with Crippen molar-refractivity contribution < 1.29 is 14.3 Å². The van der Waals surface area contributed by atoms with E-state index in [9.17, 15) is 4.79 Å². The highest BCUT2D eigenvalue weighted by Crippen LogP contribution is 2.42. The Morgan fingerprint density at radius 3 is 2.59 bits per heavy atom. The fourth-order valence-electron chi connectivity index (χ4n) is 3.92. The molecule has 5 nitrogen and oxygen atoms in total. The average molecular weight is 375 g/mol. The van der Waals surface area contributed by atoms with Gasteiger partial charge in [-0.15, -0.1) is 0 Å². The first-order valence-electron chi connectivity index (χ1n) is 10.4. The van der Waals surface area contributed by atoms with Crippen molar-refractivity contribution in [2.45, 2.75) is 64.0 Å². The molecule has 150 valence electrons. The van der Waals surface area contributed by atoms with E-state index in [-0.39, 0.29) is 5.91 Å². The lowest BCUT2D eigenvalue weighted by molar-refractivity contribution is -0.138. The molecule has 1 amide bonds. The van der Waals surface area contributed by atoms with E-state index in [2.05, 4.69) is 17.1 Å². The largest absolute Gasteiger partial charge is 0.494 e. The fourth-order valence-corrected chi connectivity index (χ4v) is 3.92. The number of carbonyl (C=O) groups excluding carboxylic acids is 1. The van der Waals surface area contributed by atoms with Crippen molar-refractivity contribution in [1.82, 2.24) is 4.90 Å². The van der Waals surface area contributed by atoms with E-state index in [0.717, 1.165) is 43.9 Å². The number of hydrogen-bond donors (Lipinski definition) is 1. The van der Waals surface area contributed by atoms with Crippen LogP contribution in [-0.4, -0.2) is 49.3 Å². The predicted octanol–water partition coefficient (Wildman–Crippen LogP) is 4.08. The molecule has 1 saturated heterocycles. The molecule has 2 atom stereocenters. The lowest BCUT2D eigenvalue weighted by Gasteiger charge is -2.33. The van der Waals surface area contributed by atoms with E-state index < -0.39 is 5.60 Å². The molecule has 1 heterocycles. The van der Waals surface area contributed by atoms with Crippen LogP contribution in [-0.2, 0) is 9.53 Å². The SMILES string of the molecule is CO[C@@](C)(C(=O)Nc1ccc(OCCCN2CCCC[C@H]2C)cc1)C1CC1. The van der Waals surface area contributed by atoms with Gasteiger partial charge in [-0.25, -0.2) is 0 Å². The van der Waals surface area contributed by atoms with Gasteiger partial charge in [-0.1, -0.05) is 6.42 Å². The summed E-state index contributed by atoms with van der Waals surface area (Å²) in [6.07, 6.45) is 7.15. The van der Waals surface area contributed by atoms with Crippen LogP contribution < -0.4 is 10.1 Å². The molecule has 0 radical (unpaired) electrons. The Bertz CT molecular complexity index is 614. The van der Waals surface area contributed by atoms with Crippen molar-refractivity contribution in [3.8, 4) is 5.75 Å². The number of amides is 1. The molecule has 2 aliphatic rings. The molecule has 3 rings (SSSR count). The number of nitrogens with one attached hydrogen (secondary N) is 1. The van der Waals surface area contributed by atoms with Gasteiger partial charge in [0.2, 0.25) is 0 Å². The maximum Gasteiger partial charge on any atom is 0.256 e. The summed E-state index contributed by atoms with van der Waals surface area (Å²) in [5, 5.41) is 2.97. The molecule has 1 aromatic rings. The molecule has 1 N–H and O–H groups in total. The van der Waals surface area contributed by atoms with Gasteiger partial charge in [0, 0.05) is 25.4 Å². The molecule has 0 spiro atoms. The van der Waals surface area contributed by atoms with Gasteiger partial charge in [0.15, 0.2) is 0 Å². The van der Waals surface area contributed by atoms with Gasteiger partial charge in [0.25, 0.3) is 5.91 Å². The lowest BCUT2D eigenvalue weighted by atomic mass is 9.99. The average Bonchev–Trinajstić information content (AvgIpc) is 3.53. The summed E-state index contributed by atoms with van der Waals surface area (Å²) in [7, 11) is 1.61. The third-order valence-electron chi connectivity index (χ3n) is 6.14. The predicted molar refractivity (Wildman–Crippen MR) is 108 cm³/mol. The van der Waals surface area contributed by atoms with Crippen LogP contribution in [0.15, 0.2) is 24.3 Å². The number of benzene rings is 1. The third-order valence-corrected chi connectivity index (χ3v) is 6.14. The van der Waals surface area contributed by atoms with Crippen LogP contribution >= 0.6 is 0 Å². The Morgan fingerprint density at radius 2 is 1.96 bits per heavy atom. The minimum Gasteiger partial charge on any atom is -0.494 e. The van der Waals surface area contributed by atoms with Crippen LogP contribution in [0.1, 0.15) is 52.4 Å². The molecule has 27 heavy (non-hydrogen) atoms. The van der Waals surface area contributed by atoms with Gasteiger partial charge < -0.3 is 19.7 Å². The van der Waals surface area contributed by atoms with Crippen molar-refractivity contribution in [3.05, 3.63) is 24.3 Å². The van der Waals surface area contributed by atoms with Crippen LogP contribution in [0.25, 0.3) is 0 Å². The van der Waals surface area contributed by atoms with Crippen molar-refractivity contribution in [2.75, 3.05) is 32.1 Å². The number of anilines is 1.